The predicted octanol–water partition coefficient (Wildman–Crippen LogP) is 3.07. The Bertz CT molecular complexity index is 738. The second-order valence-electron chi connectivity index (χ2n) is 13.4. The molecule has 0 aromatic heterocycles. The Labute approximate surface area is 208 Å². The molecule has 3 heterocycles. The van der Waals surface area contributed by atoms with E-state index in [1.54, 1.807) is 0 Å². The van der Waals surface area contributed by atoms with Gasteiger partial charge in [0, 0.05) is 44.3 Å². The number of piperidine rings is 2. The maximum Gasteiger partial charge on any atom is 0.0686 e. The van der Waals surface area contributed by atoms with E-state index < -0.39 is 0 Å². The first kappa shape index (κ1) is 25.0. The van der Waals surface area contributed by atoms with Crippen LogP contribution in [0.1, 0.15) is 65.2 Å². The maximum atomic E-state index is 9.64. The van der Waals surface area contributed by atoms with Crippen LogP contribution in [0.15, 0.2) is 0 Å². The normalized spacial score (nSPS) is 46.0. The molecule has 0 bridgehead atoms. The number of fused-ring (bicyclic) bond motifs is 3. The lowest BCUT2D eigenvalue weighted by molar-refractivity contribution is 0.0328. The van der Waals surface area contributed by atoms with Crippen molar-refractivity contribution in [3.63, 3.8) is 0 Å². The van der Waals surface area contributed by atoms with Gasteiger partial charge in [0.05, 0.1) is 11.5 Å². The quantitative estimate of drug-likeness (QED) is 0.587. The molecule has 5 fully saturated rings. The van der Waals surface area contributed by atoms with Gasteiger partial charge in [-0.15, -0.1) is 0 Å². The highest BCUT2D eigenvalue weighted by molar-refractivity contribution is 5.08. The fourth-order valence-electron chi connectivity index (χ4n) is 8.77. The van der Waals surface area contributed by atoms with Gasteiger partial charge in [0.2, 0.25) is 0 Å². The molecule has 5 rings (SSSR count). The molecule has 0 aromatic carbocycles. The number of nitriles is 1. The number of likely N-dealkylation sites (N-methyl/N-ethyl adjacent to an activating group) is 2. The standard InChI is InChI=1S/C28H50N6/c1-28(2,17-29)21-9-6-18(7-10-21)27-26-23-13-19(20-12-22(33(3)4)15-30-14-20)8-11-24(23)31-16-25(26)34(5)32-27/h18-27,30-32H,6-16H2,1-5H3. The summed E-state index contributed by atoms with van der Waals surface area (Å²) in [5, 5.41) is 19.9. The minimum Gasteiger partial charge on any atom is -0.315 e. The third-order valence-electron chi connectivity index (χ3n) is 11.1. The topological polar surface area (TPSA) is 66.4 Å². The van der Waals surface area contributed by atoms with Crippen molar-refractivity contribution in [3.8, 4) is 6.07 Å². The average Bonchev–Trinajstić information content (AvgIpc) is 3.20. The molecule has 2 saturated carbocycles. The molecule has 2 aliphatic carbocycles. The molecule has 0 spiro atoms. The molecule has 0 aromatic rings. The SMILES string of the molecule is CN(C)C1CNCC(C2CCC3NCC4C(C3C2)C(C2CCC(C(C)(C)C#N)CC2)NN4C)C1. The van der Waals surface area contributed by atoms with E-state index in [4.69, 9.17) is 0 Å². The number of nitrogens with one attached hydrogen (secondary N) is 3. The summed E-state index contributed by atoms with van der Waals surface area (Å²) in [7, 11) is 6.79. The van der Waals surface area contributed by atoms with E-state index in [2.05, 4.69) is 67.0 Å². The van der Waals surface area contributed by atoms with E-state index in [0.29, 0.717) is 30.1 Å². The van der Waals surface area contributed by atoms with Crippen LogP contribution < -0.4 is 16.1 Å². The van der Waals surface area contributed by atoms with Gasteiger partial charge in [0.25, 0.3) is 0 Å². The minimum atomic E-state index is -0.178. The van der Waals surface area contributed by atoms with Crippen LogP contribution in [0.3, 0.4) is 0 Å². The van der Waals surface area contributed by atoms with Gasteiger partial charge in [-0.3, -0.25) is 5.43 Å². The molecule has 0 radical (unpaired) electrons. The molecule has 3 aliphatic heterocycles. The summed E-state index contributed by atoms with van der Waals surface area (Å²) in [6.45, 7) is 7.80. The molecule has 0 amide bonds. The first-order valence-electron chi connectivity index (χ1n) is 14.3. The van der Waals surface area contributed by atoms with E-state index in [9.17, 15) is 5.26 Å². The van der Waals surface area contributed by atoms with Crippen molar-refractivity contribution < 1.29 is 0 Å². The van der Waals surface area contributed by atoms with Crippen molar-refractivity contribution in [3.05, 3.63) is 0 Å². The second-order valence-corrected chi connectivity index (χ2v) is 13.4. The van der Waals surface area contributed by atoms with Crippen LogP contribution in [-0.4, -0.2) is 74.9 Å². The third kappa shape index (κ3) is 4.68. The summed E-state index contributed by atoms with van der Waals surface area (Å²) in [4.78, 5) is 2.43. The van der Waals surface area contributed by atoms with Gasteiger partial charge < -0.3 is 15.5 Å². The second kappa shape index (κ2) is 9.98. The van der Waals surface area contributed by atoms with E-state index >= 15 is 0 Å². The van der Waals surface area contributed by atoms with E-state index in [0.717, 1.165) is 42.7 Å². The fraction of sp³-hybridized carbons (Fsp3) is 0.964. The van der Waals surface area contributed by atoms with Crippen LogP contribution in [0.5, 0.6) is 0 Å². The predicted molar refractivity (Wildman–Crippen MR) is 138 cm³/mol. The summed E-state index contributed by atoms with van der Waals surface area (Å²) in [5.41, 5.74) is 3.81. The zero-order chi connectivity index (χ0) is 24.0. The van der Waals surface area contributed by atoms with Gasteiger partial charge in [-0.2, -0.15) is 5.26 Å². The summed E-state index contributed by atoms with van der Waals surface area (Å²) in [5.74, 6) is 4.59. The van der Waals surface area contributed by atoms with Crippen LogP contribution in [0, 0.1) is 52.3 Å². The lowest BCUT2D eigenvalue weighted by Crippen LogP contribution is -2.59. The van der Waals surface area contributed by atoms with Crippen molar-refractivity contribution in [2.24, 2.45) is 40.9 Å². The van der Waals surface area contributed by atoms with E-state index in [1.807, 2.05) is 0 Å². The monoisotopic (exact) mass is 470 g/mol. The number of hydrogen-bond acceptors (Lipinski definition) is 6. The number of hydrogen-bond donors (Lipinski definition) is 3. The summed E-state index contributed by atoms with van der Waals surface area (Å²) in [6, 6.07) is 5.23. The Hall–Kier alpha value is -0.710. The lowest BCUT2D eigenvalue weighted by Gasteiger charge is -2.50. The molecule has 192 valence electrons. The number of nitrogens with zero attached hydrogens (tertiary/aromatic N) is 3. The fourth-order valence-corrected chi connectivity index (χ4v) is 8.77. The van der Waals surface area contributed by atoms with Gasteiger partial charge in [0.1, 0.15) is 0 Å². The van der Waals surface area contributed by atoms with E-state index in [-0.39, 0.29) is 5.41 Å². The molecule has 3 N–H and O–H groups in total. The lowest BCUT2D eigenvalue weighted by atomic mass is 9.60. The maximum absolute atomic E-state index is 9.64. The van der Waals surface area contributed by atoms with Crippen LogP contribution in [0.2, 0.25) is 0 Å². The molecular formula is C28H50N6. The van der Waals surface area contributed by atoms with Crippen molar-refractivity contribution in [1.82, 2.24) is 26.0 Å². The Morgan fingerprint density at radius 2 is 1.65 bits per heavy atom. The Morgan fingerprint density at radius 1 is 0.912 bits per heavy atom. The van der Waals surface area contributed by atoms with Gasteiger partial charge in [-0.05, 0) is 121 Å². The highest BCUT2D eigenvalue weighted by Gasteiger charge is 2.53. The summed E-state index contributed by atoms with van der Waals surface area (Å²) >= 11 is 0. The van der Waals surface area contributed by atoms with Crippen LogP contribution >= 0.6 is 0 Å². The molecule has 8 unspecified atom stereocenters. The van der Waals surface area contributed by atoms with Crippen LogP contribution in [0.25, 0.3) is 0 Å². The van der Waals surface area contributed by atoms with Crippen LogP contribution in [-0.2, 0) is 0 Å². The average molecular weight is 471 g/mol. The smallest absolute Gasteiger partial charge is 0.0686 e. The van der Waals surface area contributed by atoms with Gasteiger partial charge in [-0.1, -0.05) is 0 Å². The first-order chi connectivity index (χ1) is 16.3. The van der Waals surface area contributed by atoms with Crippen molar-refractivity contribution >= 4 is 0 Å². The zero-order valence-electron chi connectivity index (χ0n) is 22.4. The number of hydrazine groups is 1. The van der Waals surface area contributed by atoms with Gasteiger partial charge in [-0.25, -0.2) is 5.01 Å². The molecule has 34 heavy (non-hydrogen) atoms. The Kier molecular flexibility index (Phi) is 7.32. The number of rotatable bonds is 4. The third-order valence-corrected chi connectivity index (χ3v) is 11.1. The van der Waals surface area contributed by atoms with Crippen molar-refractivity contribution in [2.45, 2.75) is 89.4 Å². The molecule has 5 aliphatic rings. The van der Waals surface area contributed by atoms with Crippen LogP contribution in [0.4, 0.5) is 0 Å². The molecule has 6 nitrogen and oxygen atoms in total. The molecular weight excluding hydrogens is 420 g/mol. The Balaban J connectivity index is 1.28. The van der Waals surface area contributed by atoms with Crippen molar-refractivity contribution in [1.29, 1.82) is 5.26 Å². The highest BCUT2D eigenvalue weighted by atomic mass is 15.6. The Morgan fingerprint density at radius 3 is 2.35 bits per heavy atom. The van der Waals surface area contributed by atoms with Gasteiger partial charge >= 0.3 is 0 Å². The molecule has 3 saturated heterocycles. The molecule has 6 heteroatoms. The van der Waals surface area contributed by atoms with E-state index in [1.165, 1.54) is 57.9 Å². The molecule has 8 atom stereocenters. The minimum absolute atomic E-state index is 0.178. The largest absolute Gasteiger partial charge is 0.315 e. The zero-order valence-corrected chi connectivity index (χ0v) is 22.4. The summed E-state index contributed by atoms with van der Waals surface area (Å²) in [6.07, 6.45) is 10.6. The van der Waals surface area contributed by atoms with Crippen molar-refractivity contribution in [2.75, 3.05) is 40.8 Å². The van der Waals surface area contributed by atoms with Gasteiger partial charge in [0.15, 0.2) is 0 Å². The first-order valence-corrected chi connectivity index (χ1v) is 14.3. The highest BCUT2D eigenvalue weighted by Crippen LogP contribution is 2.49. The summed E-state index contributed by atoms with van der Waals surface area (Å²) < 4.78 is 0.